The Labute approximate surface area is 103 Å². The molecule has 1 fully saturated rings. The maximum Gasteiger partial charge on any atom is 0.127 e. The van der Waals surface area contributed by atoms with Gasteiger partial charge in [-0.1, -0.05) is 34.2 Å². The summed E-state index contributed by atoms with van der Waals surface area (Å²) in [6.45, 7) is 0. The number of fused-ring (bicyclic) bond motifs is 5. The number of halogens is 2. The number of alkyl halides is 1. The second-order valence-corrected chi connectivity index (χ2v) is 10.2. The van der Waals surface area contributed by atoms with Crippen LogP contribution in [0.3, 0.4) is 0 Å². The van der Waals surface area contributed by atoms with Crippen LogP contribution in [0.15, 0.2) is 22.0 Å². The second kappa shape index (κ2) is 2.90. The van der Waals surface area contributed by atoms with Gasteiger partial charge in [-0.05, 0) is 15.9 Å². The monoisotopic (exact) mass is 356 g/mol. The molecule has 6 heteroatoms. The fourth-order valence-electron chi connectivity index (χ4n) is 2.28. The van der Waals surface area contributed by atoms with Crippen LogP contribution in [0.5, 0.6) is 0 Å². The lowest BCUT2D eigenvalue weighted by Gasteiger charge is -2.21. The summed E-state index contributed by atoms with van der Waals surface area (Å²) in [6, 6.07) is 0. The molecule has 3 heterocycles. The molecule has 0 aliphatic carbocycles. The molecule has 0 aromatic heterocycles. The SMILES string of the molecule is O=S1C2C=C[C@@]1(Br)[C@H]1C=C(Br)[S@@](=O)[C@@H]21. The van der Waals surface area contributed by atoms with E-state index in [1.165, 1.54) is 0 Å². The first-order valence-electron chi connectivity index (χ1n) is 4.12. The molecule has 14 heavy (non-hydrogen) atoms. The predicted molar refractivity (Wildman–Crippen MR) is 65.2 cm³/mol. The fourth-order valence-corrected chi connectivity index (χ4v) is 8.48. The van der Waals surface area contributed by atoms with Crippen molar-refractivity contribution < 1.29 is 8.42 Å². The van der Waals surface area contributed by atoms with Crippen LogP contribution >= 0.6 is 31.9 Å². The molecular formula is C8H6Br2O2S2. The van der Waals surface area contributed by atoms with Crippen molar-refractivity contribution in [1.29, 1.82) is 0 Å². The molecule has 0 N–H and O–H groups in total. The van der Waals surface area contributed by atoms with Crippen LogP contribution in [0, 0.1) is 5.92 Å². The average Bonchev–Trinajstić information content (AvgIpc) is 2.65. The molecule has 3 rings (SSSR count). The summed E-state index contributed by atoms with van der Waals surface area (Å²) in [5, 5.41) is -0.0545. The Morgan fingerprint density at radius 2 is 2.14 bits per heavy atom. The van der Waals surface area contributed by atoms with E-state index in [1.54, 1.807) is 0 Å². The van der Waals surface area contributed by atoms with Gasteiger partial charge in [0.1, 0.15) is 3.66 Å². The lowest BCUT2D eigenvalue weighted by atomic mass is 9.94. The summed E-state index contributed by atoms with van der Waals surface area (Å²) in [4.78, 5) is 0. The Morgan fingerprint density at radius 1 is 1.43 bits per heavy atom. The van der Waals surface area contributed by atoms with Gasteiger partial charge in [0, 0.05) is 5.92 Å². The Kier molecular flexibility index (Phi) is 2.06. The molecule has 2 bridgehead atoms. The second-order valence-electron chi connectivity index (χ2n) is 3.58. The lowest BCUT2D eigenvalue weighted by molar-refractivity contribution is 0.619. The molecule has 1 saturated heterocycles. The molecular weight excluding hydrogens is 352 g/mol. The van der Waals surface area contributed by atoms with Crippen molar-refractivity contribution in [2.45, 2.75) is 14.2 Å². The molecule has 0 saturated carbocycles. The molecule has 2 nitrogen and oxygen atoms in total. The largest absolute Gasteiger partial charge is 0.257 e. The van der Waals surface area contributed by atoms with Crippen molar-refractivity contribution in [3.63, 3.8) is 0 Å². The number of allylic oxidation sites excluding steroid dienone is 1. The molecule has 0 spiro atoms. The van der Waals surface area contributed by atoms with Crippen molar-refractivity contribution in [2.75, 3.05) is 0 Å². The van der Waals surface area contributed by atoms with Gasteiger partial charge >= 0.3 is 0 Å². The van der Waals surface area contributed by atoms with Crippen LogP contribution in [0.2, 0.25) is 0 Å². The molecule has 2 unspecified atom stereocenters. The highest BCUT2D eigenvalue weighted by Crippen LogP contribution is 2.56. The first-order valence-corrected chi connectivity index (χ1v) is 8.14. The fraction of sp³-hybridized carbons (Fsp3) is 0.500. The van der Waals surface area contributed by atoms with Gasteiger partial charge in [0.05, 0.1) is 35.9 Å². The molecule has 76 valence electrons. The summed E-state index contributed by atoms with van der Waals surface area (Å²) >= 11 is 6.83. The van der Waals surface area contributed by atoms with Gasteiger partial charge in [-0.2, -0.15) is 0 Å². The summed E-state index contributed by atoms with van der Waals surface area (Å²) in [5.41, 5.74) is 0. The minimum Gasteiger partial charge on any atom is -0.257 e. The average molecular weight is 358 g/mol. The molecule has 6 atom stereocenters. The van der Waals surface area contributed by atoms with Gasteiger partial charge in [0.25, 0.3) is 0 Å². The summed E-state index contributed by atoms with van der Waals surface area (Å²) in [6.07, 6.45) is 5.83. The molecule has 3 aliphatic heterocycles. The van der Waals surface area contributed by atoms with E-state index in [2.05, 4.69) is 31.9 Å². The van der Waals surface area contributed by atoms with Gasteiger partial charge in [0.15, 0.2) is 0 Å². The molecule has 0 aromatic rings. The van der Waals surface area contributed by atoms with Gasteiger partial charge in [0.2, 0.25) is 0 Å². The smallest absolute Gasteiger partial charge is 0.127 e. The summed E-state index contributed by atoms with van der Waals surface area (Å²) in [7, 11) is -1.98. The molecule has 0 radical (unpaired) electrons. The van der Waals surface area contributed by atoms with Crippen LogP contribution in [0.25, 0.3) is 0 Å². The Bertz CT molecular complexity index is 431. The Hall–Kier alpha value is 0.740. The standard InChI is InChI=1S/C8H6Br2O2S2/c9-6-3-4-7(13(6)11)5-1-2-8(4,10)14(5)12/h1-5,7H/t4-,5?,7+,8-,13+,14?/m0/s1. The van der Waals surface area contributed by atoms with Crippen LogP contribution in [0.1, 0.15) is 0 Å². The van der Waals surface area contributed by atoms with E-state index in [0.717, 1.165) is 3.81 Å². The zero-order valence-corrected chi connectivity index (χ0v) is 11.7. The van der Waals surface area contributed by atoms with Crippen molar-refractivity contribution >= 4 is 53.5 Å². The maximum atomic E-state index is 12.0. The zero-order valence-electron chi connectivity index (χ0n) is 6.85. The molecule has 0 aromatic carbocycles. The van der Waals surface area contributed by atoms with E-state index in [9.17, 15) is 8.42 Å². The van der Waals surface area contributed by atoms with Crippen molar-refractivity contribution in [1.82, 2.24) is 0 Å². The van der Waals surface area contributed by atoms with E-state index < -0.39 is 25.3 Å². The predicted octanol–water partition coefficient (Wildman–Crippen LogP) is 1.76. The first-order chi connectivity index (χ1) is 6.55. The zero-order chi connectivity index (χ0) is 10.1. The molecule has 3 aliphatic rings. The third kappa shape index (κ3) is 0.961. The van der Waals surface area contributed by atoms with E-state index in [4.69, 9.17) is 0 Å². The lowest BCUT2D eigenvalue weighted by Crippen LogP contribution is -2.31. The molecule has 0 amide bonds. The highest BCUT2D eigenvalue weighted by Gasteiger charge is 2.63. The summed E-state index contributed by atoms with van der Waals surface area (Å²) < 4.78 is 24.1. The quantitative estimate of drug-likeness (QED) is 0.489. The normalized spacial score (nSPS) is 59.0. The highest BCUT2D eigenvalue weighted by atomic mass is 79.9. The van der Waals surface area contributed by atoms with E-state index in [1.807, 2.05) is 18.2 Å². The van der Waals surface area contributed by atoms with Crippen molar-refractivity contribution in [3.05, 3.63) is 22.0 Å². The summed E-state index contributed by atoms with van der Waals surface area (Å²) in [5.74, 6) is 0.105. The number of hydrogen-bond acceptors (Lipinski definition) is 2. The van der Waals surface area contributed by atoms with Gasteiger partial charge in [-0.3, -0.25) is 8.42 Å². The third-order valence-electron chi connectivity index (χ3n) is 2.95. The van der Waals surface area contributed by atoms with Gasteiger partial charge in [-0.25, -0.2) is 0 Å². The Morgan fingerprint density at radius 3 is 2.79 bits per heavy atom. The van der Waals surface area contributed by atoms with Gasteiger partial charge < -0.3 is 0 Å². The minimum absolute atomic E-state index is 0.00502. The Balaban J connectivity index is 2.18. The first kappa shape index (κ1) is 9.93. The maximum absolute atomic E-state index is 12.0. The van der Waals surface area contributed by atoms with Crippen molar-refractivity contribution in [2.24, 2.45) is 5.92 Å². The third-order valence-corrected chi connectivity index (χ3v) is 9.67. The van der Waals surface area contributed by atoms with Crippen molar-refractivity contribution in [3.8, 4) is 0 Å². The van der Waals surface area contributed by atoms with E-state index in [0.29, 0.717) is 0 Å². The van der Waals surface area contributed by atoms with E-state index in [-0.39, 0.29) is 16.4 Å². The van der Waals surface area contributed by atoms with Crippen LogP contribution < -0.4 is 0 Å². The van der Waals surface area contributed by atoms with Gasteiger partial charge in [-0.15, -0.1) is 0 Å². The topological polar surface area (TPSA) is 34.1 Å². The highest BCUT2D eigenvalue weighted by molar-refractivity contribution is 9.13. The van der Waals surface area contributed by atoms with Crippen LogP contribution in [-0.2, 0) is 21.6 Å². The van der Waals surface area contributed by atoms with Crippen LogP contribution in [0.4, 0.5) is 0 Å². The van der Waals surface area contributed by atoms with Crippen LogP contribution in [-0.4, -0.2) is 22.6 Å². The van der Waals surface area contributed by atoms with E-state index >= 15 is 0 Å². The minimum atomic E-state index is -1.02. The number of hydrogen-bond donors (Lipinski definition) is 0. The number of rotatable bonds is 0.